The second kappa shape index (κ2) is 6.93. The number of aryl methyl sites for hydroxylation is 1. The Kier molecular flexibility index (Phi) is 4.99. The first-order chi connectivity index (χ1) is 10.1. The van der Waals surface area contributed by atoms with Gasteiger partial charge in [0.1, 0.15) is 5.75 Å². The van der Waals surface area contributed by atoms with Gasteiger partial charge in [-0.3, -0.25) is 4.79 Å². The summed E-state index contributed by atoms with van der Waals surface area (Å²) in [5.74, 6) is 0.698. The molecule has 1 atom stereocenters. The van der Waals surface area contributed by atoms with Crippen molar-refractivity contribution in [2.75, 3.05) is 7.05 Å². The summed E-state index contributed by atoms with van der Waals surface area (Å²) in [6, 6.07) is 17.7. The standard InChI is InChI=1S/C18H21NO2/c1-14-8-7-11-17(12-14)21-15(2)18(20)19(3)13-16-9-5-4-6-10-16/h4-12,15H,13H2,1-3H3/t15-/m0/s1. The maximum Gasteiger partial charge on any atom is 0.263 e. The summed E-state index contributed by atoms with van der Waals surface area (Å²) in [6.07, 6.45) is -0.500. The first kappa shape index (κ1) is 15.1. The van der Waals surface area contributed by atoms with Crippen LogP contribution in [0.2, 0.25) is 0 Å². The number of amides is 1. The third-order valence-corrected chi connectivity index (χ3v) is 3.29. The molecule has 0 saturated carbocycles. The Morgan fingerprint density at radius 1 is 1.14 bits per heavy atom. The van der Waals surface area contributed by atoms with Crippen molar-refractivity contribution in [3.8, 4) is 5.75 Å². The number of carbonyl (C=O) groups excluding carboxylic acids is 1. The Balaban J connectivity index is 1.95. The van der Waals surface area contributed by atoms with Crippen LogP contribution in [0.4, 0.5) is 0 Å². The Morgan fingerprint density at radius 3 is 2.52 bits per heavy atom. The third kappa shape index (κ3) is 4.35. The van der Waals surface area contributed by atoms with E-state index >= 15 is 0 Å². The predicted molar refractivity (Wildman–Crippen MR) is 84.2 cm³/mol. The minimum Gasteiger partial charge on any atom is -0.481 e. The molecule has 0 saturated heterocycles. The lowest BCUT2D eigenvalue weighted by Gasteiger charge is -2.22. The van der Waals surface area contributed by atoms with E-state index in [4.69, 9.17) is 4.74 Å². The van der Waals surface area contributed by atoms with Crippen LogP contribution >= 0.6 is 0 Å². The topological polar surface area (TPSA) is 29.5 Å². The van der Waals surface area contributed by atoms with Gasteiger partial charge in [-0.15, -0.1) is 0 Å². The van der Waals surface area contributed by atoms with E-state index in [1.165, 1.54) is 0 Å². The molecule has 21 heavy (non-hydrogen) atoms. The van der Waals surface area contributed by atoms with Gasteiger partial charge in [0.25, 0.3) is 5.91 Å². The zero-order valence-corrected chi connectivity index (χ0v) is 12.7. The molecule has 0 N–H and O–H groups in total. The summed E-state index contributed by atoms with van der Waals surface area (Å²) in [4.78, 5) is 14.0. The Labute approximate surface area is 126 Å². The van der Waals surface area contributed by atoms with Crippen LogP contribution in [-0.4, -0.2) is 24.0 Å². The molecular weight excluding hydrogens is 262 g/mol. The smallest absolute Gasteiger partial charge is 0.263 e. The SMILES string of the molecule is Cc1cccc(O[C@@H](C)C(=O)N(C)Cc2ccccc2)c1. The number of benzene rings is 2. The highest BCUT2D eigenvalue weighted by atomic mass is 16.5. The molecule has 2 aromatic carbocycles. The monoisotopic (exact) mass is 283 g/mol. The first-order valence-corrected chi connectivity index (χ1v) is 7.08. The normalized spacial score (nSPS) is 11.8. The Morgan fingerprint density at radius 2 is 1.86 bits per heavy atom. The number of hydrogen-bond donors (Lipinski definition) is 0. The molecule has 0 unspecified atom stereocenters. The summed E-state index contributed by atoms with van der Waals surface area (Å²) in [5, 5.41) is 0. The van der Waals surface area contributed by atoms with Gasteiger partial charge < -0.3 is 9.64 Å². The molecule has 1 amide bonds. The molecule has 0 spiro atoms. The molecule has 0 aliphatic heterocycles. The molecule has 2 rings (SSSR count). The molecule has 3 heteroatoms. The minimum atomic E-state index is -0.500. The molecule has 0 aromatic heterocycles. The zero-order chi connectivity index (χ0) is 15.2. The summed E-state index contributed by atoms with van der Waals surface area (Å²) < 4.78 is 5.72. The van der Waals surface area contributed by atoms with Crippen LogP contribution in [0, 0.1) is 6.92 Å². The van der Waals surface area contributed by atoms with Gasteiger partial charge in [0.15, 0.2) is 6.10 Å². The van der Waals surface area contributed by atoms with E-state index in [1.807, 2.05) is 61.5 Å². The highest BCUT2D eigenvalue weighted by Crippen LogP contribution is 2.15. The van der Waals surface area contributed by atoms with E-state index in [1.54, 1.807) is 18.9 Å². The van der Waals surface area contributed by atoms with Gasteiger partial charge >= 0.3 is 0 Å². The van der Waals surface area contributed by atoms with Gasteiger partial charge in [-0.25, -0.2) is 0 Å². The van der Waals surface area contributed by atoms with E-state index in [0.29, 0.717) is 6.54 Å². The lowest BCUT2D eigenvalue weighted by Crippen LogP contribution is -2.37. The van der Waals surface area contributed by atoms with Crippen molar-refractivity contribution in [2.24, 2.45) is 0 Å². The zero-order valence-electron chi connectivity index (χ0n) is 12.7. The maximum absolute atomic E-state index is 12.3. The second-order valence-corrected chi connectivity index (χ2v) is 5.26. The van der Waals surface area contributed by atoms with E-state index in [-0.39, 0.29) is 5.91 Å². The van der Waals surface area contributed by atoms with Gasteiger partial charge in [-0.1, -0.05) is 42.5 Å². The summed E-state index contributed by atoms with van der Waals surface area (Å²) >= 11 is 0. The van der Waals surface area contributed by atoms with Crippen LogP contribution in [0.15, 0.2) is 54.6 Å². The number of likely N-dealkylation sites (N-methyl/N-ethyl adjacent to an activating group) is 1. The van der Waals surface area contributed by atoms with Gasteiger partial charge in [-0.2, -0.15) is 0 Å². The third-order valence-electron chi connectivity index (χ3n) is 3.29. The van der Waals surface area contributed by atoms with Crippen molar-refractivity contribution in [1.82, 2.24) is 4.90 Å². The van der Waals surface area contributed by atoms with Crippen molar-refractivity contribution in [3.63, 3.8) is 0 Å². The molecule has 0 fully saturated rings. The average molecular weight is 283 g/mol. The van der Waals surface area contributed by atoms with Crippen LogP contribution in [-0.2, 0) is 11.3 Å². The second-order valence-electron chi connectivity index (χ2n) is 5.26. The van der Waals surface area contributed by atoms with Gasteiger partial charge in [-0.05, 0) is 37.1 Å². The fourth-order valence-corrected chi connectivity index (χ4v) is 2.19. The highest BCUT2D eigenvalue weighted by Gasteiger charge is 2.19. The summed E-state index contributed by atoms with van der Waals surface area (Å²) in [7, 11) is 1.80. The number of hydrogen-bond acceptors (Lipinski definition) is 2. The van der Waals surface area contributed by atoms with E-state index < -0.39 is 6.10 Å². The molecule has 0 heterocycles. The lowest BCUT2D eigenvalue weighted by molar-refractivity contribution is -0.137. The number of rotatable bonds is 5. The van der Waals surface area contributed by atoms with Crippen molar-refractivity contribution in [2.45, 2.75) is 26.5 Å². The Bertz CT molecular complexity index is 595. The molecular formula is C18H21NO2. The van der Waals surface area contributed by atoms with Gasteiger partial charge in [0, 0.05) is 13.6 Å². The average Bonchev–Trinajstić information content (AvgIpc) is 2.47. The van der Waals surface area contributed by atoms with Crippen LogP contribution in [0.3, 0.4) is 0 Å². The van der Waals surface area contributed by atoms with Crippen molar-refractivity contribution < 1.29 is 9.53 Å². The number of ether oxygens (including phenoxy) is 1. The summed E-state index contributed by atoms with van der Waals surface area (Å²) in [6.45, 7) is 4.37. The Hall–Kier alpha value is -2.29. The number of carbonyl (C=O) groups is 1. The van der Waals surface area contributed by atoms with Gasteiger partial charge in [0.05, 0.1) is 0 Å². The molecule has 3 nitrogen and oxygen atoms in total. The maximum atomic E-state index is 12.3. The van der Waals surface area contributed by atoms with Crippen molar-refractivity contribution in [3.05, 3.63) is 65.7 Å². The van der Waals surface area contributed by atoms with Crippen LogP contribution in [0.25, 0.3) is 0 Å². The quantitative estimate of drug-likeness (QED) is 0.841. The molecule has 0 bridgehead atoms. The van der Waals surface area contributed by atoms with Crippen LogP contribution in [0.5, 0.6) is 5.75 Å². The largest absolute Gasteiger partial charge is 0.481 e. The van der Waals surface area contributed by atoms with Crippen molar-refractivity contribution in [1.29, 1.82) is 0 Å². The summed E-state index contributed by atoms with van der Waals surface area (Å²) in [5.41, 5.74) is 2.22. The molecule has 0 aliphatic rings. The van der Waals surface area contributed by atoms with Crippen molar-refractivity contribution >= 4 is 5.91 Å². The molecule has 2 aromatic rings. The van der Waals surface area contributed by atoms with Crippen LogP contribution < -0.4 is 4.74 Å². The minimum absolute atomic E-state index is 0.0274. The fourth-order valence-electron chi connectivity index (χ4n) is 2.19. The predicted octanol–water partition coefficient (Wildman–Crippen LogP) is 3.42. The van der Waals surface area contributed by atoms with E-state index in [2.05, 4.69) is 0 Å². The fraction of sp³-hybridized carbons (Fsp3) is 0.278. The van der Waals surface area contributed by atoms with E-state index in [9.17, 15) is 4.79 Å². The van der Waals surface area contributed by atoms with E-state index in [0.717, 1.165) is 16.9 Å². The number of nitrogens with zero attached hydrogens (tertiary/aromatic N) is 1. The first-order valence-electron chi connectivity index (χ1n) is 7.08. The molecule has 0 radical (unpaired) electrons. The van der Waals surface area contributed by atoms with Gasteiger partial charge in [0.2, 0.25) is 0 Å². The lowest BCUT2D eigenvalue weighted by atomic mass is 10.2. The highest BCUT2D eigenvalue weighted by molar-refractivity contribution is 5.80. The molecule has 0 aliphatic carbocycles. The van der Waals surface area contributed by atoms with Crippen LogP contribution in [0.1, 0.15) is 18.1 Å². The molecule has 110 valence electrons.